The third-order valence-electron chi connectivity index (χ3n) is 5.36. The van der Waals surface area contributed by atoms with Crippen molar-refractivity contribution < 1.29 is 32.6 Å². The topological polar surface area (TPSA) is 115 Å². The number of benzene rings is 1. The van der Waals surface area contributed by atoms with Crippen LogP contribution in [0.4, 0.5) is 19.4 Å². The lowest BCUT2D eigenvalue weighted by Gasteiger charge is -2.24. The Bertz CT molecular complexity index is 972. The van der Waals surface area contributed by atoms with Crippen LogP contribution in [0.15, 0.2) is 24.3 Å². The molecule has 0 unspecified atom stereocenters. The zero-order chi connectivity index (χ0) is 22.7. The number of anilines is 1. The zero-order valence-corrected chi connectivity index (χ0v) is 17.5. The van der Waals surface area contributed by atoms with E-state index in [0.717, 1.165) is 24.6 Å². The fourth-order valence-corrected chi connectivity index (χ4v) is 3.74. The van der Waals surface area contributed by atoms with Crippen LogP contribution in [0.2, 0.25) is 0 Å². The molecule has 0 radical (unpaired) electrons. The van der Waals surface area contributed by atoms with Crippen molar-refractivity contribution in [1.29, 1.82) is 0 Å². The van der Waals surface area contributed by atoms with Crippen LogP contribution in [0.5, 0.6) is 0 Å². The molecule has 2 amide bonds. The molecule has 4 rings (SSSR count). The van der Waals surface area contributed by atoms with Gasteiger partial charge in [0.2, 0.25) is 5.91 Å². The summed E-state index contributed by atoms with van der Waals surface area (Å²) < 4.78 is 43.0. The summed E-state index contributed by atoms with van der Waals surface area (Å²) in [5.41, 5.74) is 0.398. The van der Waals surface area contributed by atoms with Gasteiger partial charge in [0.05, 0.1) is 30.9 Å². The number of alkyl carbamates (subject to hydrolysis) is 1. The molecule has 2 fully saturated rings. The van der Waals surface area contributed by atoms with Crippen LogP contribution in [0.25, 0.3) is 0 Å². The lowest BCUT2D eigenvalue weighted by molar-refractivity contribution is -0.115. The maximum Gasteiger partial charge on any atom is 0.407 e. The molecule has 2 saturated heterocycles. The van der Waals surface area contributed by atoms with Gasteiger partial charge >= 0.3 is 6.09 Å². The van der Waals surface area contributed by atoms with Gasteiger partial charge in [-0.1, -0.05) is 0 Å². The number of H-pyrrole nitrogens is 1. The van der Waals surface area contributed by atoms with Gasteiger partial charge in [0.15, 0.2) is 5.82 Å². The first-order chi connectivity index (χ1) is 15.3. The summed E-state index contributed by atoms with van der Waals surface area (Å²) in [6.07, 6.45) is -0.366. The Kier molecular flexibility index (Phi) is 6.38. The van der Waals surface area contributed by atoms with Gasteiger partial charge in [-0.15, -0.1) is 0 Å². The quantitative estimate of drug-likeness (QED) is 0.623. The van der Waals surface area contributed by atoms with Crippen LogP contribution in [0, 0.1) is 11.6 Å². The molecule has 32 heavy (non-hydrogen) atoms. The third kappa shape index (κ3) is 5.60. The van der Waals surface area contributed by atoms with Crippen LogP contribution in [0.3, 0.4) is 0 Å². The summed E-state index contributed by atoms with van der Waals surface area (Å²) in [5, 5.41) is 12.2. The van der Waals surface area contributed by atoms with E-state index >= 15 is 0 Å². The molecule has 9 nitrogen and oxygen atoms in total. The van der Waals surface area contributed by atoms with Crippen molar-refractivity contribution in [3.63, 3.8) is 0 Å². The molecule has 2 aliphatic heterocycles. The summed E-state index contributed by atoms with van der Waals surface area (Å²) >= 11 is 0. The average Bonchev–Trinajstić information content (AvgIpc) is 3.42. The molecule has 2 aliphatic rings. The zero-order valence-electron chi connectivity index (χ0n) is 17.5. The Balaban J connectivity index is 1.26. The number of carbonyl (C=O) groups is 2. The Morgan fingerprint density at radius 3 is 2.78 bits per heavy atom. The van der Waals surface area contributed by atoms with Crippen molar-refractivity contribution in [3.8, 4) is 0 Å². The van der Waals surface area contributed by atoms with Crippen LogP contribution >= 0.6 is 0 Å². The fourth-order valence-electron chi connectivity index (χ4n) is 3.74. The summed E-state index contributed by atoms with van der Waals surface area (Å²) in [6, 6.07) is 4.55. The maximum absolute atomic E-state index is 13.3. The highest BCUT2D eigenvalue weighted by Gasteiger charge is 2.35. The molecule has 0 bridgehead atoms. The minimum atomic E-state index is -0.746. The van der Waals surface area contributed by atoms with Gasteiger partial charge in [-0.3, -0.25) is 9.89 Å². The first-order valence-electron chi connectivity index (χ1n) is 10.3. The van der Waals surface area contributed by atoms with E-state index in [-0.39, 0.29) is 30.5 Å². The lowest BCUT2D eigenvalue weighted by Crippen LogP contribution is -2.47. The molecule has 0 aliphatic carbocycles. The minimum Gasteiger partial charge on any atom is -0.444 e. The van der Waals surface area contributed by atoms with E-state index in [2.05, 4.69) is 20.8 Å². The maximum atomic E-state index is 13.3. The highest BCUT2D eigenvalue weighted by atomic mass is 19.1. The summed E-state index contributed by atoms with van der Waals surface area (Å²) in [4.78, 5) is 24.3. The molecule has 0 saturated carbocycles. The summed E-state index contributed by atoms with van der Waals surface area (Å²) in [5.74, 6) is -1.71. The van der Waals surface area contributed by atoms with E-state index in [0.29, 0.717) is 25.3 Å². The van der Waals surface area contributed by atoms with Crippen molar-refractivity contribution in [1.82, 2.24) is 15.5 Å². The van der Waals surface area contributed by atoms with E-state index < -0.39 is 35.3 Å². The molecule has 1 aromatic heterocycles. The van der Waals surface area contributed by atoms with E-state index in [1.807, 2.05) is 6.92 Å². The van der Waals surface area contributed by atoms with Gasteiger partial charge in [-0.25, -0.2) is 13.6 Å². The number of aromatic amines is 1. The highest BCUT2D eigenvalue weighted by Crippen LogP contribution is 2.30. The smallest absolute Gasteiger partial charge is 0.407 e. The molecule has 3 atom stereocenters. The molecule has 0 spiro atoms. The predicted molar refractivity (Wildman–Crippen MR) is 108 cm³/mol. The first-order valence-corrected chi connectivity index (χ1v) is 10.3. The predicted octanol–water partition coefficient (Wildman–Crippen LogP) is 2.60. The number of hydrogen-bond acceptors (Lipinski definition) is 6. The van der Waals surface area contributed by atoms with Crippen molar-refractivity contribution in [2.75, 3.05) is 25.1 Å². The second-order valence-electron chi connectivity index (χ2n) is 8.28. The number of hydrogen-bond donors (Lipinski definition) is 3. The molecule has 3 heterocycles. The number of rotatable bonds is 6. The van der Waals surface area contributed by atoms with Crippen molar-refractivity contribution >= 4 is 17.8 Å². The number of halogens is 2. The van der Waals surface area contributed by atoms with Gasteiger partial charge in [-0.2, -0.15) is 5.10 Å². The Morgan fingerprint density at radius 2 is 2.06 bits per heavy atom. The Hall–Kier alpha value is -3.05. The molecule has 2 aromatic rings. The third-order valence-corrected chi connectivity index (χ3v) is 5.36. The monoisotopic (exact) mass is 450 g/mol. The molecular formula is C21H24F2N4O5. The molecular weight excluding hydrogens is 426 g/mol. The number of amides is 2. The lowest BCUT2D eigenvalue weighted by atomic mass is 10.0. The first kappa shape index (κ1) is 22.2. The fraction of sp³-hybridized carbons (Fsp3) is 0.476. The van der Waals surface area contributed by atoms with E-state index in [1.165, 1.54) is 0 Å². The molecule has 3 N–H and O–H groups in total. The van der Waals surface area contributed by atoms with Crippen molar-refractivity contribution in [3.05, 3.63) is 47.2 Å². The minimum absolute atomic E-state index is 0.203. The number of ether oxygens (including phenoxy) is 3. The van der Waals surface area contributed by atoms with Crippen LogP contribution in [0.1, 0.15) is 37.1 Å². The van der Waals surface area contributed by atoms with Crippen molar-refractivity contribution in [2.45, 2.75) is 43.9 Å². The number of aromatic nitrogens is 2. The standard InChI is InChI=1S/C21H24F2N4O5/c1-21(2-3-30-11-21)25-20(29)32-15-8-17(31-10-15)16-9-18(27-26-16)24-19(28)6-12-4-13(22)7-14(23)5-12/h4-5,7,9,15,17H,2-3,6,8,10-11H2,1H3,(H,25,29)(H2,24,26,27,28)/t15-,17-,21+/m0/s1. The van der Waals surface area contributed by atoms with Crippen LogP contribution in [-0.4, -0.2) is 53.7 Å². The second-order valence-corrected chi connectivity index (χ2v) is 8.28. The number of nitrogens with zero attached hydrogens (tertiary/aromatic N) is 1. The van der Waals surface area contributed by atoms with E-state index in [4.69, 9.17) is 14.2 Å². The summed E-state index contributed by atoms with van der Waals surface area (Å²) in [6.45, 7) is 3.18. The van der Waals surface area contributed by atoms with E-state index in [9.17, 15) is 18.4 Å². The Labute approximate surface area is 182 Å². The van der Waals surface area contributed by atoms with Crippen LogP contribution < -0.4 is 10.6 Å². The number of nitrogens with one attached hydrogen (secondary N) is 3. The van der Waals surface area contributed by atoms with Gasteiger partial charge in [0.25, 0.3) is 0 Å². The van der Waals surface area contributed by atoms with Crippen LogP contribution in [-0.2, 0) is 25.4 Å². The van der Waals surface area contributed by atoms with Gasteiger partial charge in [0, 0.05) is 25.2 Å². The SMILES string of the molecule is C[C@@]1(NC(=O)O[C@@H]2CO[C@H](c3cc(NC(=O)Cc4cc(F)cc(F)c4)n[nH]3)C2)CCOC1. The normalized spacial score (nSPS) is 25.0. The average molecular weight is 450 g/mol. The largest absolute Gasteiger partial charge is 0.444 e. The molecule has 1 aromatic carbocycles. The highest BCUT2D eigenvalue weighted by molar-refractivity contribution is 5.91. The second kappa shape index (κ2) is 9.21. The van der Waals surface area contributed by atoms with Crippen molar-refractivity contribution in [2.24, 2.45) is 0 Å². The molecule has 11 heteroatoms. The van der Waals surface area contributed by atoms with Gasteiger partial charge in [0.1, 0.15) is 23.8 Å². The van der Waals surface area contributed by atoms with E-state index in [1.54, 1.807) is 6.07 Å². The van der Waals surface area contributed by atoms with Gasteiger partial charge in [-0.05, 0) is 31.0 Å². The summed E-state index contributed by atoms with van der Waals surface area (Å²) in [7, 11) is 0. The molecule has 172 valence electrons. The Morgan fingerprint density at radius 1 is 1.28 bits per heavy atom. The number of carbonyl (C=O) groups excluding carboxylic acids is 2. The van der Waals surface area contributed by atoms with Gasteiger partial charge < -0.3 is 24.8 Å².